The highest BCUT2D eigenvalue weighted by molar-refractivity contribution is 8.18. The molecule has 2 aliphatic heterocycles. The van der Waals surface area contributed by atoms with Crippen LogP contribution < -0.4 is 31.8 Å². The summed E-state index contributed by atoms with van der Waals surface area (Å²) in [6.07, 6.45) is 1.46. The molecule has 39 heavy (non-hydrogen) atoms. The van der Waals surface area contributed by atoms with E-state index >= 15 is 0 Å². The van der Waals surface area contributed by atoms with Crippen LogP contribution in [0.2, 0.25) is 5.02 Å². The van der Waals surface area contributed by atoms with Crippen molar-refractivity contribution in [1.29, 1.82) is 0 Å². The Morgan fingerprint density at radius 1 is 1.13 bits per heavy atom. The second-order valence-electron chi connectivity index (χ2n) is 8.27. The number of fused-ring (bicyclic) bond motifs is 1. The summed E-state index contributed by atoms with van der Waals surface area (Å²) in [5, 5.41) is 3.58. The Balaban J connectivity index is 0.00000420. The first-order chi connectivity index (χ1) is 18.3. The third kappa shape index (κ3) is 6.48. The predicted molar refractivity (Wildman–Crippen MR) is 146 cm³/mol. The molecule has 2 amide bonds. The van der Waals surface area contributed by atoms with Gasteiger partial charge < -0.3 is 36.5 Å². The van der Waals surface area contributed by atoms with Gasteiger partial charge in [0.05, 0.1) is 43.0 Å². The highest BCUT2D eigenvalue weighted by atomic mass is 79.9. The average Bonchev–Trinajstić information content (AvgIpc) is 2.89. The fraction of sp³-hybridized carbons (Fsp3) is 0.259. The number of halogens is 2. The van der Waals surface area contributed by atoms with E-state index in [0.717, 1.165) is 17.3 Å². The second-order valence-corrected chi connectivity index (χ2v) is 9.71. The van der Waals surface area contributed by atoms with Gasteiger partial charge in [-0.2, -0.15) is 0 Å². The van der Waals surface area contributed by atoms with Gasteiger partial charge in [0.2, 0.25) is 0 Å². The molecule has 0 bridgehead atoms. The van der Waals surface area contributed by atoms with Crippen LogP contribution in [0.5, 0.6) is 11.5 Å². The number of para-hydroxylation sites is 1. The van der Waals surface area contributed by atoms with E-state index in [1.807, 2.05) is 6.07 Å². The third-order valence-corrected chi connectivity index (χ3v) is 7.16. The number of amidine groups is 1. The van der Waals surface area contributed by atoms with Crippen LogP contribution in [0.3, 0.4) is 0 Å². The molecule has 2 aliphatic rings. The second kappa shape index (κ2) is 13.2. The van der Waals surface area contributed by atoms with Crippen LogP contribution in [0.15, 0.2) is 69.7 Å². The number of thioether (sulfide) groups is 1. The Morgan fingerprint density at radius 3 is 2.49 bits per heavy atom. The Labute approximate surface area is 246 Å². The molecule has 1 atom stereocenters. The van der Waals surface area contributed by atoms with Gasteiger partial charge in [0.25, 0.3) is 11.8 Å². The summed E-state index contributed by atoms with van der Waals surface area (Å²) in [4.78, 5) is 45.6. The number of allylic oxidation sites excluding steroid dienone is 1. The van der Waals surface area contributed by atoms with E-state index in [9.17, 15) is 14.4 Å². The van der Waals surface area contributed by atoms with E-state index < -0.39 is 23.8 Å². The normalized spacial score (nSPS) is 16.4. The lowest BCUT2D eigenvalue weighted by molar-refractivity contribution is -0.139. The minimum Gasteiger partial charge on any atom is -1.00 e. The lowest BCUT2D eigenvalue weighted by Crippen LogP contribution is -3.00. The van der Waals surface area contributed by atoms with Crippen molar-refractivity contribution in [2.24, 2.45) is 4.99 Å². The maximum absolute atomic E-state index is 13.5. The van der Waals surface area contributed by atoms with Crippen molar-refractivity contribution >= 4 is 52.0 Å². The monoisotopic (exact) mass is 634 g/mol. The number of carbonyl (C=O) groups excluding carboxylic acids is 3. The van der Waals surface area contributed by atoms with Crippen LogP contribution in [0.1, 0.15) is 19.4 Å². The number of hydrogen-bond acceptors (Lipinski definition) is 8. The molecular formula is C27H26BrClN3O6S-. The Kier molecular flexibility index (Phi) is 10.2. The van der Waals surface area contributed by atoms with Crippen LogP contribution >= 0.6 is 23.4 Å². The lowest BCUT2D eigenvalue weighted by atomic mass is 9.94. The standard InChI is InChI=1S/C27H26ClN3O6S.BrH/c1-5-37-26(34)23-15(2)29-27-31(19(23)13-16-7-6-8-20(35-3)24(16)36-4)22(32)14-21(38-27)25(33)30-18-11-9-17(28)10-12-18;/h6-12,14,19H,5,13H2,1-4H3,(H,30,33);1H/p-1. The number of amides is 2. The summed E-state index contributed by atoms with van der Waals surface area (Å²) < 4.78 is 16.3. The lowest BCUT2D eigenvalue weighted by Gasteiger charge is -2.38. The molecule has 2 heterocycles. The van der Waals surface area contributed by atoms with Crippen molar-refractivity contribution in [3.8, 4) is 11.5 Å². The molecule has 1 N–H and O–H groups in total. The molecule has 0 saturated heterocycles. The van der Waals surface area contributed by atoms with Gasteiger partial charge in [-0.05, 0) is 55.9 Å². The highest BCUT2D eigenvalue weighted by Crippen LogP contribution is 2.39. The fourth-order valence-electron chi connectivity index (χ4n) is 4.24. The first-order valence-electron chi connectivity index (χ1n) is 11.7. The van der Waals surface area contributed by atoms with Gasteiger partial charge in [-0.15, -0.1) is 0 Å². The van der Waals surface area contributed by atoms with Crippen LogP contribution in [-0.2, 0) is 25.5 Å². The number of methoxy groups -OCH3 is 2. The van der Waals surface area contributed by atoms with Crippen molar-refractivity contribution in [1.82, 2.24) is 4.90 Å². The number of anilines is 1. The van der Waals surface area contributed by atoms with E-state index in [2.05, 4.69) is 10.3 Å². The minimum atomic E-state index is -0.750. The number of rotatable bonds is 8. The smallest absolute Gasteiger partial charge is 0.337 e. The van der Waals surface area contributed by atoms with E-state index in [0.29, 0.717) is 27.9 Å². The summed E-state index contributed by atoms with van der Waals surface area (Å²) in [5.41, 5.74) is 1.92. The number of ether oxygens (including phenoxy) is 3. The molecule has 0 aliphatic carbocycles. The molecule has 2 aromatic carbocycles. The quantitative estimate of drug-likeness (QED) is 0.439. The predicted octanol–water partition coefficient (Wildman–Crippen LogP) is 1.58. The van der Waals surface area contributed by atoms with E-state index in [1.165, 1.54) is 25.2 Å². The van der Waals surface area contributed by atoms with Crippen LogP contribution in [0.4, 0.5) is 5.69 Å². The zero-order valence-corrected chi connectivity index (χ0v) is 24.8. The largest absolute Gasteiger partial charge is 1.00 e. The van der Waals surface area contributed by atoms with E-state index in [-0.39, 0.29) is 45.7 Å². The number of carbonyl (C=O) groups is 3. The molecule has 0 fully saturated rings. The molecule has 4 rings (SSSR count). The zero-order valence-electron chi connectivity index (χ0n) is 21.6. The van der Waals surface area contributed by atoms with Crippen molar-refractivity contribution in [2.75, 3.05) is 26.1 Å². The Hall–Kier alpha value is -3.28. The van der Waals surface area contributed by atoms with Gasteiger partial charge in [0.15, 0.2) is 16.7 Å². The maximum atomic E-state index is 13.5. The molecule has 0 aromatic heterocycles. The van der Waals surface area contributed by atoms with Gasteiger partial charge in [-0.1, -0.05) is 23.7 Å². The Bertz CT molecular complexity index is 1380. The van der Waals surface area contributed by atoms with Gasteiger partial charge in [0, 0.05) is 28.8 Å². The molecule has 12 heteroatoms. The summed E-state index contributed by atoms with van der Waals surface area (Å²) in [7, 11) is 3.06. The van der Waals surface area contributed by atoms with E-state index in [1.54, 1.807) is 50.2 Å². The van der Waals surface area contributed by atoms with Crippen LogP contribution in [-0.4, -0.2) is 54.7 Å². The van der Waals surface area contributed by atoms with Crippen LogP contribution in [0, 0.1) is 0 Å². The van der Waals surface area contributed by atoms with Crippen molar-refractivity contribution in [2.45, 2.75) is 26.3 Å². The van der Waals surface area contributed by atoms with Gasteiger partial charge >= 0.3 is 5.97 Å². The highest BCUT2D eigenvalue weighted by Gasteiger charge is 2.42. The van der Waals surface area contributed by atoms with E-state index in [4.69, 9.17) is 25.8 Å². The number of nitrogens with one attached hydrogen (secondary N) is 1. The summed E-state index contributed by atoms with van der Waals surface area (Å²) in [6, 6.07) is 11.3. The Morgan fingerprint density at radius 2 is 1.85 bits per heavy atom. The van der Waals surface area contributed by atoms with Crippen LogP contribution in [0.25, 0.3) is 0 Å². The van der Waals surface area contributed by atoms with Gasteiger partial charge in [-0.3, -0.25) is 14.5 Å². The molecular weight excluding hydrogens is 610 g/mol. The van der Waals surface area contributed by atoms with Gasteiger partial charge in [-0.25, -0.2) is 9.79 Å². The molecule has 9 nitrogen and oxygen atoms in total. The number of nitrogens with zero attached hydrogens (tertiary/aromatic N) is 2. The summed E-state index contributed by atoms with van der Waals surface area (Å²) in [6.45, 7) is 3.56. The molecule has 0 radical (unpaired) electrons. The zero-order chi connectivity index (χ0) is 27.4. The minimum absolute atomic E-state index is 0. The molecule has 0 spiro atoms. The summed E-state index contributed by atoms with van der Waals surface area (Å²) >= 11 is 6.97. The topological polar surface area (TPSA) is 107 Å². The van der Waals surface area contributed by atoms with Crippen molar-refractivity contribution < 1.29 is 45.6 Å². The molecule has 206 valence electrons. The molecule has 2 aromatic rings. The van der Waals surface area contributed by atoms with Crippen molar-refractivity contribution in [3.63, 3.8) is 0 Å². The van der Waals surface area contributed by atoms with Crippen molar-refractivity contribution in [3.05, 3.63) is 75.3 Å². The first-order valence-corrected chi connectivity index (χ1v) is 12.9. The molecule has 1 unspecified atom stereocenters. The number of aliphatic imine (C=N–C) groups is 1. The maximum Gasteiger partial charge on any atom is 0.337 e. The average molecular weight is 636 g/mol. The number of hydrogen-bond donors (Lipinski definition) is 1. The fourth-order valence-corrected chi connectivity index (χ4v) is 5.36. The number of esters is 1. The molecule has 0 saturated carbocycles. The SMILES string of the molecule is CCOC(=O)C1=C(C)N=C2SC(C(=O)Nc3ccc(Cl)cc3)=CC(=O)N2C1Cc1cccc(OC)c1OC.[Br-]. The first kappa shape index (κ1) is 30.3. The van der Waals surface area contributed by atoms with Gasteiger partial charge in [0.1, 0.15) is 0 Å². The number of benzene rings is 2. The third-order valence-electron chi connectivity index (χ3n) is 5.92. The summed E-state index contributed by atoms with van der Waals surface area (Å²) in [5.74, 6) is -0.487.